The molecule has 0 saturated carbocycles. The van der Waals surface area contributed by atoms with Crippen LogP contribution in [0, 0.1) is 18.7 Å². The average Bonchev–Trinajstić information content (AvgIpc) is 3.15. The highest BCUT2D eigenvalue weighted by molar-refractivity contribution is 5.90. The topological polar surface area (TPSA) is 61.0 Å². The molecule has 0 bridgehead atoms. The van der Waals surface area contributed by atoms with Crippen molar-refractivity contribution in [3.63, 3.8) is 0 Å². The van der Waals surface area contributed by atoms with E-state index in [0.29, 0.717) is 18.3 Å². The molecule has 1 atom stereocenters. The van der Waals surface area contributed by atoms with Crippen LogP contribution < -0.4 is 10.2 Å². The van der Waals surface area contributed by atoms with Crippen LogP contribution in [0.15, 0.2) is 30.5 Å². The molecule has 5 nitrogen and oxygen atoms in total. The molecule has 0 radical (unpaired) electrons. The Morgan fingerprint density at radius 2 is 2.23 bits per heavy atom. The molecule has 1 aliphatic rings. The van der Waals surface area contributed by atoms with E-state index < -0.39 is 0 Å². The van der Waals surface area contributed by atoms with Crippen molar-refractivity contribution in [3.05, 3.63) is 47.8 Å². The number of hydrogen-bond acceptors (Lipinski definition) is 3. The van der Waals surface area contributed by atoms with Crippen LogP contribution in [-0.2, 0) is 0 Å². The van der Waals surface area contributed by atoms with Gasteiger partial charge in [-0.25, -0.2) is 9.37 Å². The predicted octanol–water partition coefficient (Wildman–Crippen LogP) is 2.11. The molecule has 1 fully saturated rings. The molecule has 1 aromatic carbocycles. The van der Waals surface area contributed by atoms with E-state index in [9.17, 15) is 9.18 Å². The fourth-order valence-electron chi connectivity index (χ4n) is 2.73. The normalized spacial score (nSPS) is 17.7. The molecular formula is C16H19FN4O. The van der Waals surface area contributed by atoms with Crippen LogP contribution in [0.3, 0.4) is 0 Å². The zero-order chi connectivity index (χ0) is 15.5. The van der Waals surface area contributed by atoms with Gasteiger partial charge in [0.2, 0.25) is 0 Å². The van der Waals surface area contributed by atoms with Gasteiger partial charge in [-0.05, 0) is 43.5 Å². The summed E-state index contributed by atoms with van der Waals surface area (Å²) in [5.74, 6) is 0.352. The number of aromatic amines is 1. The van der Waals surface area contributed by atoms with E-state index in [1.807, 2.05) is 6.92 Å². The lowest BCUT2D eigenvalue weighted by Crippen LogP contribution is -2.31. The third kappa shape index (κ3) is 3.27. The molecule has 2 aromatic rings. The molecule has 0 spiro atoms. The Morgan fingerprint density at radius 1 is 1.45 bits per heavy atom. The molecule has 1 saturated heterocycles. The van der Waals surface area contributed by atoms with Crippen molar-refractivity contribution in [2.45, 2.75) is 13.3 Å². The summed E-state index contributed by atoms with van der Waals surface area (Å²) in [5.41, 5.74) is 1.89. The number of hydrogen-bond donors (Lipinski definition) is 2. The molecule has 0 aliphatic carbocycles. The summed E-state index contributed by atoms with van der Waals surface area (Å²) in [6.07, 6.45) is 2.65. The van der Waals surface area contributed by atoms with Crippen molar-refractivity contribution in [2.24, 2.45) is 5.92 Å². The molecule has 116 valence electrons. The van der Waals surface area contributed by atoms with Crippen molar-refractivity contribution >= 4 is 11.6 Å². The van der Waals surface area contributed by atoms with Gasteiger partial charge in [0.15, 0.2) is 5.82 Å². The number of halogens is 1. The number of rotatable bonds is 4. The number of nitrogens with zero attached hydrogens (tertiary/aromatic N) is 2. The monoisotopic (exact) mass is 302 g/mol. The molecular weight excluding hydrogens is 283 g/mol. The first-order valence-corrected chi connectivity index (χ1v) is 7.42. The molecule has 1 amide bonds. The first-order chi connectivity index (χ1) is 10.6. The lowest BCUT2D eigenvalue weighted by Gasteiger charge is -2.18. The number of amides is 1. The minimum absolute atomic E-state index is 0.173. The Morgan fingerprint density at radius 3 is 2.91 bits per heavy atom. The molecule has 2 heterocycles. The quantitative estimate of drug-likeness (QED) is 0.909. The first kappa shape index (κ1) is 14.6. The molecule has 6 heteroatoms. The largest absolute Gasteiger partial charge is 0.371 e. The molecule has 2 N–H and O–H groups in total. The van der Waals surface area contributed by atoms with Gasteiger partial charge >= 0.3 is 0 Å². The number of imidazole rings is 1. The third-order valence-corrected chi connectivity index (χ3v) is 3.95. The van der Waals surface area contributed by atoms with Gasteiger partial charge < -0.3 is 15.2 Å². The van der Waals surface area contributed by atoms with E-state index in [4.69, 9.17) is 0 Å². The minimum Gasteiger partial charge on any atom is -0.371 e. The molecule has 1 aromatic heterocycles. The highest BCUT2D eigenvalue weighted by Gasteiger charge is 2.23. The van der Waals surface area contributed by atoms with Gasteiger partial charge in [-0.1, -0.05) is 0 Å². The van der Waals surface area contributed by atoms with E-state index in [1.54, 1.807) is 18.3 Å². The second-order valence-corrected chi connectivity index (χ2v) is 5.70. The third-order valence-electron chi connectivity index (χ3n) is 3.95. The number of aromatic nitrogens is 2. The summed E-state index contributed by atoms with van der Waals surface area (Å²) in [6.45, 7) is 4.27. The summed E-state index contributed by atoms with van der Waals surface area (Å²) >= 11 is 0. The van der Waals surface area contributed by atoms with Gasteiger partial charge in [-0.15, -0.1) is 0 Å². The minimum atomic E-state index is -0.222. The summed E-state index contributed by atoms with van der Waals surface area (Å²) in [6, 6.07) is 6.54. The Kier molecular flexibility index (Phi) is 4.09. The van der Waals surface area contributed by atoms with Crippen LogP contribution in [0.25, 0.3) is 0 Å². The van der Waals surface area contributed by atoms with Crippen LogP contribution in [0.1, 0.15) is 22.7 Å². The van der Waals surface area contributed by atoms with Crippen LogP contribution in [0.2, 0.25) is 0 Å². The molecule has 3 rings (SSSR count). The zero-order valence-electron chi connectivity index (χ0n) is 12.5. The Balaban J connectivity index is 1.51. The van der Waals surface area contributed by atoms with E-state index in [-0.39, 0.29) is 11.7 Å². The standard InChI is InChI=1S/C16H19FN4O/c1-11-8-18-15(20-11)16(22)19-9-12-6-7-21(10-12)14-4-2-13(17)3-5-14/h2-5,8,12H,6-7,9-10H2,1H3,(H,18,20)(H,19,22)/t12-/m0/s1. The summed E-state index contributed by atoms with van der Waals surface area (Å²) in [5, 5.41) is 2.92. The average molecular weight is 302 g/mol. The number of carbonyl (C=O) groups excluding carboxylic acids is 1. The Hall–Kier alpha value is -2.37. The smallest absolute Gasteiger partial charge is 0.287 e. The number of aryl methyl sites for hydroxylation is 1. The van der Waals surface area contributed by atoms with E-state index in [1.165, 1.54) is 12.1 Å². The van der Waals surface area contributed by atoms with Crippen molar-refractivity contribution in [1.29, 1.82) is 0 Å². The van der Waals surface area contributed by atoms with Crippen molar-refractivity contribution in [2.75, 3.05) is 24.5 Å². The second kappa shape index (κ2) is 6.17. The Labute approximate surface area is 128 Å². The van der Waals surface area contributed by atoms with Crippen LogP contribution in [0.4, 0.5) is 10.1 Å². The van der Waals surface area contributed by atoms with E-state index in [2.05, 4.69) is 20.2 Å². The number of H-pyrrole nitrogens is 1. The number of carbonyl (C=O) groups is 1. The highest BCUT2D eigenvalue weighted by atomic mass is 19.1. The molecule has 22 heavy (non-hydrogen) atoms. The van der Waals surface area contributed by atoms with Gasteiger partial charge in [-0.3, -0.25) is 4.79 Å². The lowest BCUT2D eigenvalue weighted by atomic mass is 10.1. The van der Waals surface area contributed by atoms with Crippen molar-refractivity contribution < 1.29 is 9.18 Å². The summed E-state index contributed by atoms with van der Waals surface area (Å²) in [4.78, 5) is 21.1. The zero-order valence-corrected chi connectivity index (χ0v) is 12.5. The van der Waals surface area contributed by atoms with Gasteiger partial charge in [0.05, 0.1) is 0 Å². The maximum Gasteiger partial charge on any atom is 0.287 e. The maximum absolute atomic E-state index is 12.9. The number of anilines is 1. The predicted molar refractivity (Wildman–Crippen MR) is 82.4 cm³/mol. The summed E-state index contributed by atoms with van der Waals surface area (Å²) < 4.78 is 12.9. The fraction of sp³-hybridized carbons (Fsp3) is 0.375. The van der Waals surface area contributed by atoms with E-state index in [0.717, 1.165) is 30.9 Å². The number of benzene rings is 1. The van der Waals surface area contributed by atoms with Crippen LogP contribution in [0.5, 0.6) is 0 Å². The van der Waals surface area contributed by atoms with Gasteiger partial charge in [0.1, 0.15) is 5.82 Å². The van der Waals surface area contributed by atoms with Crippen LogP contribution in [-0.4, -0.2) is 35.5 Å². The summed E-state index contributed by atoms with van der Waals surface area (Å²) in [7, 11) is 0. The van der Waals surface area contributed by atoms with Gasteiger partial charge in [0.25, 0.3) is 5.91 Å². The fourth-order valence-corrected chi connectivity index (χ4v) is 2.73. The first-order valence-electron chi connectivity index (χ1n) is 7.42. The van der Waals surface area contributed by atoms with Crippen molar-refractivity contribution in [3.8, 4) is 0 Å². The van der Waals surface area contributed by atoms with Crippen LogP contribution >= 0.6 is 0 Å². The highest BCUT2D eigenvalue weighted by Crippen LogP contribution is 2.23. The van der Waals surface area contributed by atoms with Gasteiger partial charge in [-0.2, -0.15) is 0 Å². The van der Waals surface area contributed by atoms with Gasteiger partial charge in [0, 0.05) is 37.2 Å². The second-order valence-electron chi connectivity index (χ2n) is 5.70. The maximum atomic E-state index is 12.9. The molecule has 0 unspecified atom stereocenters. The van der Waals surface area contributed by atoms with E-state index >= 15 is 0 Å². The number of nitrogens with one attached hydrogen (secondary N) is 2. The van der Waals surface area contributed by atoms with Crippen molar-refractivity contribution in [1.82, 2.24) is 15.3 Å². The molecule has 1 aliphatic heterocycles. The Bertz CT molecular complexity index is 652. The lowest BCUT2D eigenvalue weighted by molar-refractivity contribution is 0.0938. The SMILES string of the molecule is Cc1cnc(C(=O)NC[C@@H]2CCN(c3ccc(F)cc3)C2)[nH]1.